The molecule has 1 heterocycles. The van der Waals surface area contributed by atoms with E-state index in [4.69, 9.17) is 9.84 Å². The minimum Gasteiger partial charge on any atom is -0.480 e. The molecule has 0 amide bonds. The lowest BCUT2D eigenvalue weighted by Crippen LogP contribution is -2.49. The Balaban J connectivity index is 2.57. The Hall–Kier alpha value is -0.700. The summed E-state index contributed by atoms with van der Waals surface area (Å²) in [5, 5.41) is 17.1. The van der Waals surface area contributed by atoms with Crippen LogP contribution in [0.1, 0.15) is 19.8 Å². The van der Waals surface area contributed by atoms with Gasteiger partial charge in [-0.15, -0.1) is 0 Å². The fourth-order valence-electron chi connectivity index (χ4n) is 1.42. The molecule has 0 aliphatic carbocycles. The molecule has 1 aliphatic rings. The second-order valence-electron chi connectivity index (χ2n) is 4.18. The minimum absolute atomic E-state index is 0.184. The summed E-state index contributed by atoms with van der Waals surface area (Å²) in [4.78, 5) is 10.6. The van der Waals surface area contributed by atoms with Crippen LogP contribution in [0.15, 0.2) is 0 Å². The van der Waals surface area contributed by atoms with Gasteiger partial charge in [-0.25, -0.2) is 13.1 Å². The standard InChI is InChI=1S/C9H17NO6S/c1-7(8(11)12)17(14,15)10-6-9(13)2-4-16-5-3-9/h7,10,13H,2-6H2,1H3,(H,11,12). The summed E-state index contributed by atoms with van der Waals surface area (Å²) >= 11 is 0. The lowest BCUT2D eigenvalue weighted by Gasteiger charge is -2.32. The zero-order chi connectivity index (χ0) is 13.1. The number of hydrogen-bond donors (Lipinski definition) is 3. The molecule has 1 fully saturated rings. The quantitative estimate of drug-likeness (QED) is 0.584. The predicted molar refractivity (Wildman–Crippen MR) is 59.0 cm³/mol. The van der Waals surface area contributed by atoms with Crippen LogP contribution in [-0.2, 0) is 19.6 Å². The summed E-state index contributed by atoms with van der Waals surface area (Å²) in [6, 6.07) is 0. The maximum absolute atomic E-state index is 11.5. The van der Waals surface area contributed by atoms with Crippen LogP contribution in [0.2, 0.25) is 0 Å². The van der Waals surface area contributed by atoms with E-state index in [1.165, 1.54) is 0 Å². The molecule has 100 valence electrons. The molecule has 0 saturated carbocycles. The smallest absolute Gasteiger partial charge is 0.323 e. The van der Waals surface area contributed by atoms with E-state index in [1.807, 2.05) is 0 Å². The summed E-state index contributed by atoms with van der Waals surface area (Å²) in [6.07, 6.45) is 0.661. The molecule has 0 aromatic heterocycles. The van der Waals surface area contributed by atoms with Gasteiger partial charge in [0.15, 0.2) is 5.25 Å². The molecule has 7 nitrogen and oxygen atoms in total. The van der Waals surface area contributed by atoms with Crippen molar-refractivity contribution in [2.45, 2.75) is 30.6 Å². The zero-order valence-corrected chi connectivity index (χ0v) is 10.4. The molecule has 1 rings (SSSR count). The third-order valence-corrected chi connectivity index (χ3v) is 4.52. The van der Waals surface area contributed by atoms with Crippen LogP contribution < -0.4 is 4.72 Å². The summed E-state index contributed by atoms with van der Waals surface area (Å²) in [5.74, 6) is -1.42. The Kier molecular flexibility index (Phi) is 4.48. The Morgan fingerprint density at radius 2 is 2.00 bits per heavy atom. The fourth-order valence-corrected chi connectivity index (χ4v) is 2.41. The van der Waals surface area contributed by atoms with Crippen molar-refractivity contribution in [3.8, 4) is 0 Å². The Morgan fingerprint density at radius 3 is 2.47 bits per heavy atom. The van der Waals surface area contributed by atoms with Gasteiger partial charge in [0.2, 0.25) is 10.0 Å². The third-order valence-electron chi connectivity index (χ3n) is 2.84. The first-order valence-electron chi connectivity index (χ1n) is 5.28. The molecule has 0 radical (unpaired) electrons. The van der Waals surface area contributed by atoms with E-state index in [0.29, 0.717) is 26.1 Å². The van der Waals surface area contributed by atoms with Crippen molar-refractivity contribution in [1.82, 2.24) is 4.72 Å². The van der Waals surface area contributed by atoms with Crippen molar-refractivity contribution < 1.29 is 28.2 Å². The molecule has 17 heavy (non-hydrogen) atoms. The van der Waals surface area contributed by atoms with Crippen LogP contribution in [0.25, 0.3) is 0 Å². The number of carboxylic acid groups (broad SMARTS) is 1. The van der Waals surface area contributed by atoms with Crippen molar-refractivity contribution in [3.63, 3.8) is 0 Å². The van der Waals surface area contributed by atoms with Gasteiger partial charge < -0.3 is 14.9 Å². The number of carboxylic acids is 1. The first kappa shape index (κ1) is 14.4. The summed E-state index contributed by atoms with van der Waals surface area (Å²) < 4.78 is 30.2. The van der Waals surface area contributed by atoms with Gasteiger partial charge in [-0.1, -0.05) is 0 Å². The molecule has 1 atom stereocenters. The maximum atomic E-state index is 11.5. The first-order chi connectivity index (χ1) is 7.77. The lowest BCUT2D eigenvalue weighted by molar-refractivity contribution is -0.136. The van der Waals surface area contributed by atoms with Crippen LogP contribution in [0, 0.1) is 0 Å². The molecule has 0 aromatic rings. The summed E-state index contributed by atoms with van der Waals surface area (Å²) in [5.41, 5.74) is -1.15. The number of nitrogens with one attached hydrogen (secondary N) is 1. The van der Waals surface area contributed by atoms with Crippen molar-refractivity contribution in [1.29, 1.82) is 0 Å². The highest BCUT2D eigenvalue weighted by molar-refractivity contribution is 7.90. The molecule has 1 aliphatic heterocycles. The van der Waals surface area contributed by atoms with E-state index in [2.05, 4.69) is 4.72 Å². The first-order valence-corrected chi connectivity index (χ1v) is 6.83. The predicted octanol–water partition coefficient (Wildman–Crippen LogP) is -1.08. The second-order valence-corrected chi connectivity index (χ2v) is 6.27. The second kappa shape index (κ2) is 5.30. The minimum atomic E-state index is -3.95. The summed E-state index contributed by atoms with van der Waals surface area (Å²) in [6.45, 7) is 1.63. The SMILES string of the molecule is CC(C(=O)O)S(=O)(=O)NCC1(O)CCOCC1. The number of rotatable bonds is 5. The highest BCUT2D eigenvalue weighted by Gasteiger charge is 2.34. The highest BCUT2D eigenvalue weighted by Crippen LogP contribution is 2.19. The Labute approximate surface area is 99.8 Å². The van der Waals surface area contributed by atoms with Crippen molar-refractivity contribution >= 4 is 16.0 Å². The van der Waals surface area contributed by atoms with Crippen LogP contribution in [-0.4, -0.2) is 55.2 Å². The molecule has 1 unspecified atom stereocenters. The number of carbonyl (C=O) groups is 1. The van der Waals surface area contributed by atoms with E-state index in [1.54, 1.807) is 0 Å². The van der Waals surface area contributed by atoms with Crippen LogP contribution >= 0.6 is 0 Å². The third kappa shape index (κ3) is 3.91. The van der Waals surface area contributed by atoms with Gasteiger partial charge in [-0.2, -0.15) is 0 Å². The lowest BCUT2D eigenvalue weighted by atomic mass is 9.95. The van der Waals surface area contributed by atoms with E-state index >= 15 is 0 Å². The van der Waals surface area contributed by atoms with Gasteiger partial charge in [0.05, 0.1) is 5.60 Å². The number of sulfonamides is 1. The number of aliphatic carboxylic acids is 1. The molecule has 0 spiro atoms. The van der Waals surface area contributed by atoms with E-state index < -0.39 is 26.8 Å². The normalized spacial score (nSPS) is 22.0. The topological polar surface area (TPSA) is 113 Å². The molecule has 0 aromatic carbocycles. The van der Waals surface area contributed by atoms with Gasteiger partial charge in [-0.3, -0.25) is 4.79 Å². The van der Waals surface area contributed by atoms with Gasteiger partial charge >= 0.3 is 5.97 Å². The fraction of sp³-hybridized carbons (Fsp3) is 0.889. The number of aliphatic hydroxyl groups is 1. The Bertz CT molecular complexity index is 373. The largest absolute Gasteiger partial charge is 0.480 e. The average Bonchev–Trinajstić information content (AvgIpc) is 2.27. The van der Waals surface area contributed by atoms with Gasteiger partial charge in [0.1, 0.15) is 0 Å². The molecule has 0 bridgehead atoms. The van der Waals surface area contributed by atoms with Crippen molar-refractivity contribution in [2.75, 3.05) is 19.8 Å². The number of hydrogen-bond acceptors (Lipinski definition) is 5. The number of ether oxygens (including phenoxy) is 1. The van der Waals surface area contributed by atoms with Gasteiger partial charge in [-0.05, 0) is 6.92 Å². The van der Waals surface area contributed by atoms with Crippen LogP contribution in [0.3, 0.4) is 0 Å². The van der Waals surface area contributed by atoms with Gasteiger partial charge in [0, 0.05) is 32.6 Å². The molecular weight excluding hydrogens is 250 g/mol. The van der Waals surface area contributed by atoms with Crippen LogP contribution in [0.4, 0.5) is 0 Å². The maximum Gasteiger partial charge on any atom is 0.323 e. The molecule has 8 heteroatoms. The molecular formula is C9H17NO6S. The average molecular weight is 267 g/mol. The molecule has 1 saturated heterocycles. The van der Waals surface area contributed by atoms with Crippen LogP contribution in [0.5, 0.6) is 0 Å². The zero-order valence-electron chi connectivity index (χ0n) is 9.55. The molecule has 3 N–H and O–H groups in total. The highest BCUT2D eigenvalue weighted by atomic mass is 32.2. The monoisotopic (exact) mass is 267 g/mol. The van der Waals surface area contributed by atoms with E-state index in [-0.39, 0.29) is 6.54 Å². The van der Waals surface area contributed by atoms with E-state index in [9.17, 15) is 18.3 Å². The summed E-state index contributed by atoms with van der Waals surface area (Å²) in [7, 11) is -3.95. The Morgan fingerprint density at radius 1 is 1.47 bits per heavy atom. The van der Waals surface area contributed by atoms with E-state index in [0.717, 1.165) is 6.92 Å². The van der Waals surface area contributed by atoms with Crippen molar-refractivity contribution in [2.24, 2.45) is 0 Å². The van der Waals surface area contributed by atoms with Crippen molar-refractivity contribution in [3.05, 3.63) is 0 Å². The van der Waals surface area contributed by atoms with Gasteiger partial charge in [0.25, 0.3) is 0 Å².